The van der Waals surface area contributed by atoms with E-state index in [2.05, 4.69) is 22.5 Å². The Kier molecular flexibility index (Phi) is 5.69. The maximum absolute atomic E-state index is 11.9. The lowest BCUT2D eigenvalue weighted by molar-refractivity contribution is -0.118. The van der Waals surface area contributed by atoms with Gasteiger partial charge in [-0.15, -0.1) is 11.8 Å². The Hall–Kier alpha value is -2.53. The summed E-state index contributed by atoms with van der Waals surface area (Å²) in [5, 5.41) is 7.28. The molecule has 0 aliphatic rings. The third kappa shape index (κ3) is 4.99. The average Bonchev–Trinajstić information content (AvgIpc) is 3.07. The van der Waals surface area contributed by atoms with Crippen molar-refractivity contribution in [3.05, 3.63) is 84.2 Å². The molecule has 122 valence electrons. The van der Waals surface area contributed by atoms with E-state index in [1.807, 2.05) is 59.4 Å². The maximum atomic E-state index is 11.9. The van der Waals surface area contributed by atoms with Gasteiger partial charge in [0.2, 0.25) is 5.91 Å². The number of hydrogen-bond acceptors (Lipinski definition) is 3. The zero-order chi connectivity index (χ0) is 16.6. The lowest BCUT2D eigenvalue weighted by Crippen LogP contribution is -2.24. The van der Waals surface area contributed by atoms with Crippen LogP contribution in [0.2, 0.25) is 0 Å². The summed E-state index contributed by atoms with van der Waals surface area (Å²) in [6, 6.07) is 20.1. The highest BCUT2D eigenvalue weighted by Crippen LogP contribution is 2.16. The van der Waals surface area contributed by atoms with Gasteiger partial charge in [-0.25, -0.2) is 0 Å². The summed E-state index contributed by atoms with van der Waals surface area (Å²) in [6.07, 6.45) is 3.77. The van der Waals surface area contributed by atoms with Crippen molar-refractivity contribution in [2.75, 3.05) is 5.75 Å². The van der Waals surface area contributed by atoms with Crippen molar-refractivity contribution in [2.45, 2.75) is 18.0 Å². The molecule has 4 nitrogen and oxygen atoms in total. The van der Waals surface area contributed by atoms with Crippen molar-refractivity contribution < 1.29 is 4.79 Å². The molecule has 1 N–H and O–H groups in total. The molecule has 0 radical (unpaired) electrons. The fourth-order valence-electron chi connectivity index (χ4n) is 2.27. The lowest BCUT2D eigenvalue weighted by atomic mass is 10.2. The molecule has 0 unspecified atom stereocenters. The van der Waals surface area contributed by atoms with Gasteiger partial charge in [-0.2, -0.15) is 5.10 Å². The van der Waals surface area contributed by atoms with Gasteiger partial charge in [0, 0.05) is 23.2 Å². The molecule has 0 saturated heterocycles. The van der Waals surface area contributed by atoms with Gasteiger partial charge in [0.25, 0.3) is 0 Å². The van der Waals surface area contributed by atoms with Gasteiger partial charge in [-0.1, -0.05) is 48.5 Å². The van der Waals surface area contributed by atoms with Crippen LogP contribution < -0.4 is 5.32 Å². The monoisotopic (exact) mass is 337 g/mol. The molecule has 0 fully saturated rings. The number of carbonyl (C=O) groups excluding carboxylic acids is 1. The minimum atomic E-state index is 0.0275. The second kappa shape index (κ2) is 8.36. The Bertz CT molecular complexity index is 772. The quantitative estimate of drug-likeness (QED) is 0.673. The Balaban J connectivity index is 1.44. The van der Waals surface area contributed by atoms with E-state index in [0.29, 0.717) is 12.3 Å². The molecule has 0 bridgehead atoms. The van der Waals surface area contributed by atoms with Crippen molar-refractivity contribution in [3.8, 4) is 0 Å². The fourth-order valence-corrected chi connectivity index (χ4v) is 3.02. The third-order valence-electron chi connectivity index (χ3n) is 3.48. The predicted octanol–water partition coefficient (Wildman–Crippen LogP) is 3.34. The highest BCUT2D eigenvalue weighted by molar-refractivity contribution is 8.00. The Morgan fingerprint density at radius 1 is 1.00 bits per heavy atom. The summed E-state index contributed by atoms with van der Waals surface area (Å²) in [7, 11) is 0. The molecule has 1 amide bonds. The van der Waals surface area contributed by atoms with Gasteiger partial charge < -0.3 is 5.32 Å². The first-order chi connectivity index (χ1) is 11.8. The van der Waals surface area contributed by atoms with Gasteiger partial charge >= 0.3 is 0 Å². The number of nitrogens with one attached hydrogen (secondary N) is 1. The zero-order valence-corrected chi connectivity index (χ0v) is 14.1. The van der Waals surface area contributed by atoms with Crippen LogP contribution >= 0.6 is 11.8 Å². The first-order valence-electron chi connectivity index (χ1n) is 7.79. The first-order valence-corrected chi connectivity index (χ1v) is 8.78. The lowest BCUT2D eigenvalue weighted by Gasteiger charge is -2.04. The minimum absolute atomic E-state index is 0.0275. The van der Waals surface area contributed by atoms with Crippen molar-refractivity contribution >= 4 is 17.7 Å². The molecule has 5 heteroatoms. The van der Waals surface area contributed by atoms with Crippen molar-refractivity contribution in [1.82, 2.24) is 15.1 Å². The van der Waals surface area contributed by atoms with E-state index in [1.54, 1.807) is 6.20 Å². The summed E-state index contributed by atoms with van der Waals surface area (Å²) in [4.78, 5) is 13.0. The molecule has 2 aromatic carbocycles. The molecule has 0 aliphatic heterocycles. The number of benzene rings is 2. The summed E-state index contributed by atoms with van der Waals surface area (Å²) in [5.41, 5.74) is 2.21. The second-order valence-corrected chi connectivity index (χ2v) is 6.46. The van der Waals surface area contributed by atoms with Crippen LogP contribution in [0.15, 0.2) is 78.0 Å². The van der Waals surface area contributed by atoms with Gasteiger partial charge in [-0.05, 0) is 17.7 Å². The molecule has 1 aromatic heterocycles. The van der Waals surface area contributed by atoms with E-state index in [4.69, 9.17) is 0 Å². The summed E-state index contributed by atoms with van der Waals surface area (Å²) >= 11 is 1.54. The fraction of sp³-hybridized carbons (Fsp3) is 0.158. The van der Waals surface area contributed by atoms with Crippen LogP contribution in [-0.4, -0.2) is 21.4 Å². The van der Waals surface area contributed by atoms with E-state index < -0.39 is 0 Å². The van der Waals surface area contributed by atoms with Gasteiger partial charge in [0.05, 0.1) is 18.5 Å². The third-order valence-corrected chi connectivity index (χ3v) is 4.49. The molecule has 1 heterocycles. The molecule has 3 aromatic rings. The van der Waals surface area contributed by atoms with Crippen LogP contribution in [0.25, 0.3) is 0 Å². The molecule has 0 saturated carbocycles. The van der Waals surface area contributed by atoms with Gasteiger partial charge in [-0.3, -0.25) is 9.48 Å². The van der Waals surface area contributed by atoms with Gasteiger partial charge in [0.1, 0.15) is 0 Å². The summed E-state index contributed by atoms with van der Waals surface area (Å²) < 4.78 is 1.88. The number of amides is 1. The van der Waals surface area contributed by atoms with E-state index in [-0.39, 0.29) is 5.91 Å². The van der Waals surface area contributed by atoms with Crippen LogP contribution in [0.4, 0.5) is 0 Å². The number of aromatic nitrogens is 2. The van der Waals surface area contributed by atoms with E-state index in [0.717, 1.165) is 17.0 Å². The average molecular weight is 337 g/mol. The molecule has 0 spiro atoms. The SMILES string of the molecule is O=C(CSc1ccccc1)NCc1cnn(Cc2ccccc2)c1. The number of hydrogen-bond donors (Lipinski definition) is 1. The van der Waals surface area contributed by atoms with E-state index in [1.165, 1.54) is 17.3 Å². The van der Waals surface area contributed by atoms with Gasteiger partial charge in [0.15, 0.2) is 0 Å². The second-order valence-electron chi connectivity index (χ2n) is 5.41. The number of carbonyl (C=O) groups is 1. The molecule has 3 rings (SSSR count). The highest BCUT2D eigenvalue weighted by Gasteiger charge is 2.04. The smallest absolute Gasteiger partial charge is 0.230 e. The maximum Gasteiger partial charge on any atom is 0.230 e. The van der Waals surface area contributed by atoms with Crippen LogP contribution in [-0.2, 0) is 17.9 Å². The van der Waals surface area contributed by atoms with Crippen molar-refractivity contribution in [1.29, 1.82) is 0 Å². The van der Waals surface area contributed by atoms with Crippen LogP contribution in [0.5, 0.6) is 0 Å². The number of nitrogens with zero attached hydrogens (tertiary/aromatic N) is 2. The van der Waals surface area contributed by atoms with Crippen molar-refractivity contribution in [2.24, 2.45) is 0 Å². The van der Waals surface area contributed by atoms with Crippen molar-refractivity contribution in [3.63, 3.8) is 0 Å². The largest absolute Gasteiger partial charge is 0.351 e. The Labute approximate surface area is 145 Å². The molecular weight excluding hydrogens is 318 g/mol. The predicted molar refractivity (Wildman–Crippen MR) is 96.8 cm³/mol. The van der Waals surface area contributed by atoms with Crippen LogP contribution in [0, 0.1) is 0 Å². The standard InChI is InChI=1S/C19H19N3OS/c23-19(15-24-18-9-5-2-6-10-18)20-11-17-12-21-22(14-17)13-16-7-3-1-4-8-16/h1-10,12,14H,11,13,15H2,(H,20,23). The topological polar surface area (TPSA) is 46.9 Å². The number of rotatable bonds is 7. The van der Waals surface area contributed by atoms with E-state index >= 15 is 0 Å². The summed E-state index contributed by atoms with van der Waals surface area (Å²) in [5.74, 6) is 0.446. The zero-order valence-electron chi connectivity index (χ0n) is 13.3. The molecule has 0 aliphatic carbocycles. The molecular formula is C19H19N3OS. The molecule has 24 heavy (non-hydrogen) atoms. The Morgan fingerprint density at radius 2 is 1.71 bits per heavy atom. The van der Waals surface area contributed by atoms with Crippen LogP contribution in [0.3, 0.4) is 0 Å². The highest BCUT2D eigenvalue weighted by atomic mass is 32.2. The van der Waals surface area contributed by atoms with Crippen LogP contribution in [0.1, 0.15) is 11.1 Å². The molecule has 0 atom stereocenters. The summed E-state index contributed by atoms with van der Waals surface area (Å²) in [6.45, 7) is 1.24. The normalized spacial score (nSPS) is 10.5. The number of thioether (sulfide) groups is 1. The van der Waals surface area contributed by atoms with E-state index in [9.17, 15) is 4.79 Å². The Morgan fingerprint density at radius 3 is 2.46 bits per heavy atom. The minimum Gasteiger partial charge on any atom is -0.351 e. The first kappa shape index (κ1) is 16.3.